The lowest BCUT2D eigenvalue weighted by atomic mass is 9.89. The summed E-state index contributed by atoms with van der Waals surface area (Å²) in [5, 5.41) is 21.2. The molecule has 0 radical (unpaired) electrons. The molecule has 4 nitrogen and oxygen atoms in total. The van der Waals surface area contributed by atoms with E-state index in [-0.39, 0.29) is 5.41 Å². The number of aromatic nitrogens is 2. The second-order valence-electron chi connectivity index (χ2n) is 6.22. The van der Waals surface area contributed by atoms with Gasteiger partial charge in [0.25, 0.3) is 0 Å². The second kappa shape index (κ2) is 6.60. The van der Waals surface area contributed by atoms with Crippen LogP contribution in [0.3, 0.4) is 0 Å². The van der Waals surface area contributed by atoms with Crippen molar-refractivity contribution >= 4 is 11.6 Å². The lowest BCUT2D eigenvalue weighted by Gasteiger charge is -2.19. The van der Waals surface area contributed by atoms with Gasteiger partial charge in [0.1, 0.15) is 0 Å². The van der Waals surface area contributed by atoms with E-state index in [0.717, 1.165) is 16.8 Å². The van der Waals surface area contributed by atoms with Gasteiger partial charge in [-0.15, -0.1) is 0 Å². The van der Waals surface area contributed by atoms with Gasteiger partial charge in [-0.25, -0.2) is 0 Å². The maximum absolute atomic E-state index is 10.2. The molecule has 0 aliphatic heterocycles. The van der Waals surface area contributed by atoms with Gasteiger partial charge in [-0.05, 0) is 17.7 Å². The summed E-state index contributed by atoms with van der Waals surface area (Å²) in [6, 6.07) is 7.30. The molecule has 21 heavy (non-hydrogen) atoms. The fourth-order valence-electron chi connectivity index (χ4n) is 2.27. The monoisotopic (exact) mass is 307 g/mol. The lowest BCUT2D eigenvalue weighted by molar-refractivity contribution is 0.174. The summed E-state index contributed by atoms with van der Waals surface area (Å²) < 4.78 is 0. The number of H-pyrrole nitrogens is 1. The lowest BCUT2D eigenvalue weighted by Crippen LogP contribution is -2.23. The van der Waals surface area contributed by atoms with Gasteiger partial charge in [-0.2, -0.15) is 5.10 Å². The zero-order valence-electron chi connectivity index (χ0n) is 12.7. The molecule has 0 saturated heterocycles. The third kappa shape index (κ3) is 4.30. The molecule has 2 rings (SSSR count). The van der Waals surface area contributed by atoms with E-state index in [0.29, 0.717) is 18.1 Å². The molecule has 2 aromatic rings. The third-order valence-corrected chi connectivity index (χ3v) is 3.59. The van der Waals surface area contributed by atoms with Crippen LogP contribution >= 0.6 is 11.6 Å². The van der Waals surface area contributed by atoms with Crippen molar-refractivity contribution in [3.05, 3.63) is 52.3 Å². The van der Waals surface area contributed by atoms with Crippen molar-refractivity contribution in [1.82, 2.24) is 15.5 Å². The largest absolute Gasteiger partial charge is 0.387 e. The minimum Gasteiger partial charge on any atom is -0.387 e. The second-order valence-corrected chi connectivity index (χ2v) is 6.66. The van der Waals surface area contributed by atoms with Crippen LogP contribution in [-0.2, 0) is 12.0 Å². The first kappa shape index (κ1) is 16.0. The van der Waals surface area contributed by atoms with Crippen LogP contribution in [0.1, 0.15) is 43.7 Å². The Morgan fingerprint density at radius 1 is 1.38 bits per heavy atom. The number of nitrogens with one attached hydrogen (secondary N) is 2. The molecular formula is C16H22ClN3O. The Kier molecular flexibility index (Phi) is 5.04. The third-order valence-electron chi connectivity index (χ3n) is 3.35. The molecule has 5 heteroatoms. The van der Waals surface area contributed by atoms with E-state index in [4.69, 9.17) is 11.6 Å². The molecule has 0 saturated carbocycles. The fourth-order valence-corrected chi connectivity index (χ4v) is 2.47. The van der Waals surface area contributed by atoms with Crippen LogP contribution in [0.2, 0.25) is 5.02 Å². The van der Waals surface area contributed by atoms with Gasteiger partial charge in [0.2, 0.25) is 0 Å². The molecule has 0 spiro atoms. The van der Waals surface area contributed by atoms with Gasteiger partial charge >= 0.3 is 0 Å². The molecule has 1 atom stereocenters. The maximum Gasteiger partial charge on any atom is 0.0915 e. The van der Waals surface area contributed by atoms with Crippen molar-refractivity contribution in [2.75, 3.05) is 6.54 Å². The highest BCUT2D eigenvalue weighted by Crippen LogP contribution is 2.23. The van der Waals surface area contributed by atoms with Crippen LogP contribution in [0.25, 0.3) is 0 Å². The van der Waals surface area contributed by atoms with E-state index in [1.807, 2.05) is 18.3 Å². The molecule has 1 unspecified atom stereocenters. The number of aliphatic hydroxyl groups excluding tert-OH is 1. The van der Waals surface area contributed by atoms with Crippen LogP contribution in [0.5, 0.6) is 0 Å². The highest BCUT2D eigenvalue weighted by Gasteiger charge is 2.19. The molecule has 0 fully saturated rings. The average molecular weight is 308 g/mol. The Labute approximate surface area is 130 Å². The number of aliphatic hydroxyl groups is 1. The van der Waals surface area contributed by atoms with E-state index in [1.165, 1.54) is 0 Å². The number of hydrogen-bond donors (Lipinski definition) is 3. The number of aromatic amines is 1. The first-order chi connectivity index (χ1) is 9.88. The summed E-state index contributed by atoms with van der Waals surface area (Å²) in [6.45, 7) is 7.57. The Hall–Kier alpha value is -1.36. The fraction of sp³-hybridized carbons (Fsp3) is 0.438. The summed E-state index contributed by atoms with van der Waals surface area (Å²) >= 11 is 5.93. The summed E-state index contributed by atoms with van der Waals surface area (Å²) in [5.74, 6) is 0. The van der Waals surface area contributed by atoms with Crippen molar-refractivity contribution < 1.29 is 5.11 Å². The van der Waals surface area contributed by atoms with Gasteiger partial charge in [0.15, 0.2) is 0 Å². The summed E-state index contributed by atoms with van der Waals surface area (Å²) in [6.07, 6.45) is 1.26. The average Bonchev–Trinajstić information content (AvgIpc) is 2.87. The number of rotatable bonds is 5. The molecule has 0 bridgehead atoms. The molecule has 1 heterocycles. The van der Waals surface area contributed by atoms with E-state index in [2.05, 4.69) is 36.3 Å². The molecule has 1 aromatic carbocycles. The van der Waals surface area contributed by atoms with Gasteiger partial charge in [-0.1, -0.05) is 44.5 Å². The minimum atomic E-state index is -0.575. The van der Waals surface area contributed by atoms with Gasteiger partial charge in [0, 0.05) is 34.8 Å². The standard InChI is InChI=1S/C16H22ClN3O/c1-16(2,3)15-12(9-19-20-15)8-18-10-14(21)11-5-4-6-13(17)7-11/h4-7,9,14,18,21H,8,10H2,1-3H3,(H,19,20). The van der Waals surface area contributed by atoms with Crippen molar-refractivity contribution in [1.29, 1.82) is 0 Å². The van der Waals surface area contributed by atoms with Crippen molar-refractivity contribution in [3.8, 4) is 0 Å². The highest BCUT2D eigenvalue weighted by molar-refractivity contribution is 6.30. The predicted octanol–water partition coefficient (Wildman–Crippen LogP) is 3.18. The molecule has 0 aliphatic rings. The minimum absolute atomic E-state index is 0.0269. The Morgan fingerprint density at radius 2 is 2.14 bits per heavy atom. The quantitative estimate of drug-likeness (QED) is 0.795. The smallest absolute Gasteiger partial charge is 0.0915 e. The Balaban J connectivity index is 1.92. The molecule has 0 amide bonds. The molecule has 3 N–H and O–H groups in total. The number of halogens is 1. The summed E-state index contributed by atoms with van der Waals surface area (Å²) in [4.78, 5) is 0. The SMILES string of the molecule is CC(C)(C)c1[nH]ncc1CNCC(O)c1cccc(Cl)c1. The highest BCUT2D eigenvalue weighted by atomic mass is 35.5. The predicted molar refractivity (Wildman–Crippen MR) is 85.4 cm³/mol. The van der Waals surface area contributed by atoms with Gasteiger partial charge in [-0.3, -0.25) is 5.10 Å². The van der Waals surface area contributed by atoms with Crippen molar-refractivity contribution in [2.45, 2.75) is 38.8 Å². The van der Waals surface area contributed by atoms with E-state index in [9.17, 15) is 5.11 Å². The molecule has 114 valence electrons. The Bertz CT molecular complexity index is 589. The molecule has 0 aliphatic carbocycles. The summed E-state index contributed by atoms with van der Waals surface area (Å²) in [7, 11) is 0. The summed E-state index contributed by atoms with van der Waals surface area (Å²) in [5.41, 5.74) is 3.09. The number of benzene rings is 1. The van der Waals surface area contributed by atoms with Crippen LogP contribution in [0, 0.1) is 0 Å². The van der Waals surface area contributed by atoms with Crippen LogP contribution in [0.15, 0.2) is 30.5 Å². The van der Waals surface area contributed by atoms with Crippen molar-refractivity contribution in [3.63, 3.8) is 0 Å². The first-order valence-electron chi connectivity index (χ1n) is 7.05. The van der Waals surface area contributed by atoms with Crippen LogP contribution in [-0.4, -0.2) is 21.8 Å². The van der Waals surface area contributed by atoms with Crippen LogP contribution in [0.4, 0.5) is 0 Å². The number of nitrogens with zero attached hydrogens (tertiary/aromatic N) is 1. The first-order valence-corrected chi connectivity index (χ1v) is 7.42. The van der Waals surface area contributed by atoms with Gasteiger partial charge in [0.05, 0.1) is 12.3 Å². The molecule has 1 aromatic heterocycles. The normalized spacial score (nSPS) is 13.4. The van der Waals surface area contributed by atoms with Crippen molar-refractivity contribution in [2.24, 2.45) is 0 Å². The van der Waals surface area contributed by atoms with E-state index < -0.39 is 6.10 Å². The molecular weight excluding hydrogens is 286 g/mol. The topological polar surface area (TPSA) is 60.9 Å². The van der Waals surface area contributed by atoms with E-state index >= 15 is 0 Å². The van der Waals surface area contributed by atoms with E-state index in [1.54, 1.807) is 12.1 Å². The van der Waals surface area contributed by atoms with Gasteiger partial charge < -0.3 is 10.4 Å². The zero-order valence-corrected chi connectivity index (χ0v) is 13.4. The maximum atomic E-state index is 10.2. The zero-order chi connectivity index (χ0) is 15.5. The Morgan fingerprint density at radius 3 is 2.81 bits per heavy atom. The number of hydrogen-bond acceptors (Lipinski definition) is 3. The van der Waals surface area contributed by atoms with Crippen LogP contribution < -0.4 is 5.32 Å².